The average molecular weight is 1370 g/mol. The second-order valence-electron chi connectivity index (χ2n) is 23.9. The molecule has 4 aromatic heterocycles. The zero-order valence-corrected chi connectivity index (χ0v) is 56.6. The summed E-state index contributed by atoms with van der Waals surface area (Å²) in [4.78, 5) is 105. The van der Waals surface area contributed by atoms with Crippen LogP contribution in [-0.4, -0.2) is 172 Å². The Balaban J connectivity index is 0.676. The van der Waals surface area contributed by atoms with Crippen molar-refractivity contribution in [1.29, 1.82) is 0 Å². The van der Waals surface area contributed by atoms with Gasteiger partial charge in [0.05, 0.1) is 81.6 Å². The number of carbonyl (C=O) groups excluding carboxylic acids is 7. The number of nitrogens with one attached hydrogen (secondary N) is 5. The van der Waals surface area contributed by atoms with E-state index in [0.29, 0.717) is 39.0 Å². The molecule has 5 N–H and O–H groups in total. The summed E-state index contributed by atoms with van der Waals surface area (Å²) >= 11 is 15.9. The fourth-order valence-electron chi connectivity index (χ4n) is 11.8. The highest BCUT2D eigenvalue weighted by Crippen LogP contribution is 2.42. The molecular weight excluding hydrogens is 1300 g/mol. The van der Waals surface area contributed by atoms with Crippen LogP contribution in [0.25, 0.3) is 10.0 Å². The van der Waals surface area contributed by atoms with Crippen molar-refractivity contribution in [2.45, 2.75) is 92.3 Å². The molecule has 1 unspecified atom stereocenters. The van der Waals surface area contributed by atoms with Crippen LogP contribution in [0.1, 0.15) is 132 Å². The van der Waals surface area contributed by atoms with Crippen LogP contribution in [0, 0.1) is 47.0 Å². The van der Waals surface area contributed by atoms with Gasteiger partial charge in [-0.3, -0.25) is 62.9 Å². The van der Waals surface area contributed by atoms with E-state index in [-0.39, 0.29) is 128 Å². The molecule has 95 heavy (non-hydrogen) atoms. The minimum Gasteiger partial charge on any atom is -0.383 e. The van der Waals surface area contributed by atoms with Gasteiger partial charge in [-0.15, -0.1) is 43.1 Å². The molecule has 3 aromatic carbocycles. The van der Waals surface area contributed by atoms with Gasteiger partial charge in [0.2, 0.25) is 29.5 Å². The predicted molar refractivity (Wildman–Crippen MR) is 358 cm³/mol. The maximum Gasteiger partial charge on any atom is 0.264 e. The number of hydrogen-bond acceptors (Lipinski definition) is 20. The molecule has 1 saturated heterocycles. The molecule has 0 bridgehead atoms. The number of rotatable bonds is 28. The number of carbonyl (C=O) groups is 7. The molecule has 1 fully saturated rings. The fraction of sp³-hybridized carbons (Fsp3) is 0.409. The molecular formula is C66H72Cl2N14O11S2. The van der Waals surface area contributed by atoms with Gasteiger partial charge < -0.3 is 40.2 Å². The summed E-state index contributed by atoms with van der Waals surface area (Å²) in [5, 5.41) is 35.0. The lowest BCUT2D eigenvalue weighted by atomic mass is 9.94. The van der Waals surface area contributed by atoms with Gasteiger partial charge in [0, 0.05) is 85.8 Å². The van der Waals surface area contributed by atoms with E-state index in [1.807, 2.05) is 78.4 Å². The molecule has 0 spiro atoms. The molecule has 4 aliphatic rings. The SMILES string of the molecule is Cc1sc2c(c1C)C(c1ccc(Cl)cc1)=N[C@@H](CC(=O)NCCOCC(C)(COCCNC(=O)C[C@@H]1N=C(c3ccc(Cl)cc3)c3c(sc(C)c3C)-n3c(C)nnc31)COCCOCC(=O)NCCNc1cccc3c1C(=O)N(C1CCC(=O)NC1=O)C3=O)c1nnc(C)n1-2. The number of amides is 7. The number of imide groups is 2. The number of piperidine rings is 1. The largest absolute Gasteiger partial charge is 0.383 e. The van der Waals surface area contributed by atoms with Gasteiger partial charge in [0.15, 0.2) is 11.6 Å². The van der Waals surface area contributed by atoms with Crippen molar-refractivity contribution >= 4 is 104 Å². The normalized spacial score (nSPS) is 16.6. The molecule has 4 aliphatic heterocycles. The average Bonchev–Trinajstić information content (AvgIpc) is 1.59. The van der Waals surface area contributed by atoms with Crippen LogP contribution in [0.5, 0.6) is 0 Å². The number of aliphatic imine (C=N–C) groups is 2. The Morgan fingerprint density at radius 2 is 1.09 bits per heavy atom. The second kappa shape index (κ2) is 29.7. The van der Waals surface area contributed by atoms with Gasteiger partial charge in [-0.05, 0) is 95.5 Å². The number of thiophene rings is 2. The monoisotopic (exact) mass is 1370 g/mol. The third-order valence-electron chi connectivity index (χ3n) is 16.8. The number of halogens is 2. The summed E-state index contributed by atoms with van der Waals surface area (Å²) < 4.78 is 28.2. The van der Waals surface area contributed by atoms with Crippen molar-refractivity contribution in [2.75, 3.05) is 84.4 Å². The number of fused-ring (bicyclic) bond motifs is 7. The minimum absolute atomic E-state index is 0.00404. The van der Waals surface area contributed by atoms with Crippen molar-refractivity contribution in [1.82, 2.24) is 55.7 Å². The Kier molecular flexibility index (Phi) is 21.3. The van der Waals surface area contributed by atoms with Crippen LogP contribution >= 0.6 is 45.9 Å². The molecule has 11 rings (SSSR count). The van der Waals surface area contributed by atoms with E-state index in [2.05, 4.69) is 74.7 Å². The highest BCUT2D eigenvalue weighted by Gasteiger charge is 2.46. The van der Waals surface area contributed by atoms with E-state index in [9.17, 15) is 33.6 Å². The smallest absolute Gasteiger partial charge is 0.264 e. The van der Waals surface area contributed by atoms with E-state index < -0.39 is 53.1 Å². The third-order valence-corrected chi connectivity index (χ3v) is 19.7. The summed E-state index contributed by atoms with van der Waals surface area (Å²) in [7, 11) is 0. The van der Waals surface area contributed by atoms with Crippen LogP contribution in [0.3, 0.4) is 0 Å². The zero-order chi connectivity index (χ0) is 67.2. The first-order chi connectivity index (χ1) is 45.7. The van der Waals surface area contributed by atoms with Crippen molar-refractivity contribution < 1.29 is 52.5 Å². The lowest BCUT2D eigenvalue weighted by Gasteiger charge is -2.29. The topological polar surface area (TPSA) is 306 Å². The first-order valence-corrected chi connectivity index (χ1v) is 33.5. The molecule has 0 aliphatic carbocycles. The van der Waals surface area contributed by atoms with Crippen LogP contribution in [0.4, 0.5) is 5.69 Å². The van der Waals surface area contributed by atoms with Gasteiger partial charge in [0.1, 0.15) is 46.4 Å². The van der Waals surface area contributed by atoms with Gasteiger partial charge in [-0.2, -0.15) is 0 Å². The van der Waals surface area contributed by atoms with E-state index in [1.165, 1.54) is 6.07 Å². The van der Waals surface area contributed by atoms with E-state index in [4.69, 9.17) is 52.1 Å². The maximum atomic E-state index is 13.8. The van der Waals surface area contributed by atoms with Crippen LogP contribution in [0.2, 0.25) is 10.0 Å². The second-order valence-corrected chi connectivity index (χ2v) is 27.2. The third kappa shape index (κ3) is 15.0. The predicted octanol–water partition coefficient (Wildman–Crippen LogP) is 7.33. The van der Waals surface area contributed by atoms with E-state index in [0.717, 1.165) is 69.5 Å². The summed E-state index contributed by atoms with van der Waals surface area (Å²) in [6.07, 6.45) is 0.0250. The molecule has 7 aromatic rings. The van der Waals surface area contributed by atoms with Gasteiger partial charge in [-0.1, -0.05) is 60.5 Å². The van der Waals surface area contributed by atoms with E-state index >= 15 is 0 Å². The summed E-state index contributed by atoms with van der Waals surface area (Å²) in [5.74, 6) is -0.866. The Bertz CT molecular complexity index is 3990. The van der Waals surface area contributed by atoms with Gasteiger partial charge in [0.25, 0.3) is 11.8 Å². The van der Waals surface area contributed by atoms with Crippen LogP contribution < -0.4 is 26.6 Å². The number of aromatic nitrogens is 6. The molecule has 498 valence electrons. The first kappa shape index (κ1) is 68.0. The van der Waals surface area contributed by atoms with E-state index in [1.54, 1.807) is 34.8 Å². The van der Waals surface area contributed by atoms with Crippen molar-refractivity contribution in [3.05, 3.63) is 154 Å². The van der Waals surface area contributed by atoms with Gasteiger partial charge in [-0.25, -0.2) is 0 Å². The number of anilines is 1. The molecule has 0 radical (unpaired) electrons. The highest BCUT2D eigenvalue weighted by molar-refractivity contribution is 7.15. The lowest BCUT2D eigenvalue weighted by molar-refractivity contribution is -0.136. The molecule has 0 saturated carbocycles. The standard InChI is InChI=1S/C66H72Cl2N14O11S2/c1-35-37(3)94-64-54(35)57(41-11-15-43(67)16-12-41)73-47(59-78-76-39(5)80(59)64)29-51(84)71-23-25-91-32-66(7,34-93-28-27-90-31-53(86)70-22-21-69-46-10-8-9-45-56(46)63(89)82(62(45)88)49-19-20-50(83)75-61(49)87)33-92-26-24-72-52(85)30-48-60-79-77-40(6)81(60)65-55(36(2)38(4)95-65)58(74-48)42-13-17-44(68)18-14-42/h8-18,47-49,69H,19-34H2,1-7H3,(H,70,86)(H,71,84)(H,72,85)(H,75,83,87)/t47-,48-,49?/m0/s1. The fourth-order valence-corrected chi connectivity index (χ4v) is 14.4. The molecule has 25 nitrogen and oxygen atoms in total. The molecule has 3 atom stereocenters. The van der Waals surface area contributed by atoms with Gasteiger partial charge >= 0.3 is 0 Å². The summed E-state index contributed by atoms with van der Waals surface area (Å²) in [6.45, 7) is 15.4. The van der Waals surface area contributed by atoms with Crippen molar-refractivity contribution in [3.8, 4) is 10.0 Å². The lowest BCUT2D eigenvalue weighted by Crippen LogP contribution is -2.54. The molecule has 7 amide bonds. The summed E-state index contributed by atoms with van der Waals surface area (Å²) in [6, 6.07) is 17.3. The van der Waals surface area contributed by atoms with Crippen LogP contribution in [0.15, 0.2) is 76.7 Å². The Hall–Kier alpha value is -8.41. The summed E-state index contributed by atoms with van der Waals surface area (Å²) in [5.41, 5.74) is 7.15. The minimum atomic E-state index is -1.10. The first-order valence-electron chi connectivity index (χ1n) is 31.1. The number of nitrogens with zero attached hydrogens (tertiary/aromatic N) is 9. The van der Waals surface area contributed by atoms with Crippen molar-refractivity contribution in [2.24, 2.45) is 15.4 Å². The number of aryl methyl sites for hydroxylation is 4. The Morgan fingerprint density at radius 3 is 1.61 bits per heavy atom. The quantitative estimate of drug-likeness (QED) is 0.0237. The van der Waals surface area contributed by atoms with Crippen molar-refractivity contribution in [3.63, 3.8) is 0 Å². The highest BCUT2D eigenvalue weighted by atomic mass is 35.5. The molecule has 8 heterocycles. The number of hydrogen-bond donors (Lipinski definition) is 5. The Labute approximate surface area is 565 Å². The number of ether oxygens (including phenoxy) is 4. The number of benzene rings is 3. The molecule has 29 heteroatoms. The zero-order valence-electron chi connectivity index (χ0n) is 53.5. The van der Waals surface area contributed by atoms with Crippen LogP contribution in [-0.2, 0) is 42.9 Å². The maximum absolute atomic E-state index is 13.8. The Morgan fingerprint density at radius 1 is 0.600 bits per heavy atom.